The summed E-state index contributed by atoms with van der Waals surface area (Å²) < 4.78 is 25.2. The van der Waals surface area contributed by atoms with Crippen LogP contribution in [0.2, 0.25) is 5.15 Å². The molecule has 0 aliphatic carbocycles. The number of ether oxygens (including phenoxy) is 2. The van der Waals surface area contributed by atoms with Gasteiger partial charge < -0.3 is 9.47 Å². The van der Waals surface area contributed by atoms with Crippen molar-refractivity contribution in [2.75, 3.05) is 19.8 Å². The van der Waals surface area contributed by atoms with Crippen LogP contribution in [0.5, 0.6) is 5.75 Å². The summed E-state index contributed by atoms with van der Waals surface area (Å²) in [5.41, 5.74) is -1.29. The molecule has 20 heavy (non-hydrogen) atoms. The monoisotopic (exact) mass is 295 g/mol. The van der Waals surface area contributed by atoms with E-state index in [-0.39, 0.29) is 6.61 Å². The molecule has 0 atom stereocenters. The van der Waals surface area contributed by atoms with Crippen molar-refractivity contribution in [1.29, 1.82) is 0 Å². The predicted octanol–water partition coefficient (Wildman–Crippen LogP) is 3.79. The highest BCUT2D eigenvalue weighted by molar-refractivity contribution is 6.34. The second-order valence-electron chi connectivity index (χ2n) is 5.04. The molecule has 3 nitrogen and oxygen atoms in total. The third-order valence-corrected chi connectivity index (χ3v) is 3.87. The van der Waals surface area contributed by atoms with E-state index in [1.807, 2.05) is 18.2 Å². The first-order valence-electron chi connectivity index (χ1n) is 6.60. The molecule has 0 amide bonds. The Kier molecular flexibility index (Phi) is 3.76. The van der Waals surface area contributed by atoms with E-state index in [1.54, 1.807) is 12.3 Å². The Bertz CT molecular complexity index is 614. The average Bonchev–Trinajstić information content (AvgIpc) is 2.46. The summed E-state index contributed by atoms with van der Waals surface area (Å²) in [6.45, 7) is 0.971. The second kappa shape index (κ2) is 5.54. The van der Waals surface area contributed by atoms with Gasteiger partial charge in [-0.15, -0.1) is 0 Å². The van der Waals surface area contributed by atoms with Crippen LogP contribution in [0.15, 0.2) is 30.5 Å². The molecule has 1 aliphatic heterocycles. The van der Waals surface area contributed by atoms with E-state index in [2.05, 4.69) is 4.98 Å². The van der Waals surface area contributed by atoms with Gasteiger partial charge in [0, 0.05) is 37.6 Å². The molecule has 106 valence electrons. The van der Waals surface area contributed by atoms with Gasteiger partial charge in [0.2, 0.25) is 0 Å². The van der Waals surface area contributed by atoms with Crippen molar-refractivity contribution in [1.82, 2.24) is 4.98 Å². The zero-order valence-electron chi connectivity index (χ0n) is 10.9. The minimum atomic E-state index is -1.29. The zero-order valence-corrected chi connectivity index (χ0v) is 11.7. The van der Waals surface area contributed by atoms with E-state index in [0.717, 1.165) is 10.8 Å². The lowest BCUT2D eigenvalue weighted by atomic mass is 9.98. The van der Waals surface area contributed by atoms with Crippen LogP contribution in [0.4, 0.5) is 4.39 Å². The first kappa shape index (κ1) is 13.6. The lowest BCUT2D eigenvalue weighted by Crippen LogP contribution is -2.37. The molecule has 1 aliphatic rings. The van der Waals surface area contributed by atoms with Gasteiger partial charge in [0.05, 0.1) is 0 Å². The number of fused-ring (bicyclic) bond motifs is 1. The van der Waals surface area contributed by atoms with Crippen LogP contribution < -0.4 is 4.74 Å². The third kappa shape index (κ3) is 2.86. The van der Waals surface area contributed by atoms with Gasteiger partial charge in [-0.05, 0) is 29.7 Å². The van der Waals surface area contributed by atoms with Gasteiger partial charge in [-0.25, -0.2) is 9.37 Å². The minimum Gasteiger partial charge on any atom is -0.490 e. The SMILES string of the molecule is FC1(COc2ccc3c(Cl)nccc3c2)CCOCC1. The van der Waals surface area contributed by atoms with Gasteiger partial charge in [-0.2, -0.15) is 0 Å². The molecule has 1 aromatic carbocycles. The molecule has 1 saturated heterocycles. The van der Waals surface area contributed by atoms with Crippen molar-refractivity contribution in [3.63, 3.8) is 0 Å². The highest BCUT2D eigenvalue weighted by atomic mass is 35.5. The van der Waals surface area contributed by atoms with Gasteiger partial charge in [0.15, 0.2) is 0 Å². The topological polar surface area (TPSA) is 31.4 Å². The largest absolute Gasteiger partial charge is 0.490 e. The van der Waals surface area contributed by atoms with Crippen LogP contribution in [-0.4, -0.2) is 30.5 Å². The van der Waals surface area contributed by atoms with E-state index >= 15 is 0 Å². The Morgan fingerprint density at radius 1 is 1.30 bits per heavy atom. The van der Waals surface area contributed by atoms with Crippen molar-refractivity contribution < 1.29 is 13.9 Å². The molecule has 0 N–H and O–H groups in total. The normalized spacial score (nSPS) is 18.1. The van der Waals surface area contributed by atoms with E-state index < -0.39 is 5.67 Å². The maximum Gasteiger partial charge on any atom is 0.149 e. The van der Waals surface area contributed by atoms with E-state index in [4.69, 9.17) is 21.1 Å². The quantitative estimate of drug-likeness (QED) is 0.808. The van der Waals surface area contributed by atoms with Crippen LogP contribution in [0, 0.1) is 0 Å². The maximum absolute atomic E-state index is 14.4. The highest BCUT2D eigenvalue weighted by Crippen LogP contribution is 2.29. The van der Waals surface area contributed by atoms with Crippen molar-refractivity contribution in [2.24, 2.45) is 0 Å². The fourth-order valence-corrected chi connectivity index (χ4v) is 2.53. The van der Waals surface area contributed by atoms with E-state index in [0.29, 0.717) is 37.0 Å². The summed E-state index contributed by atoms with van der Waals surface area (Å²) >= 11 is 6.00. The highest BCUT2D eigenvalue weighted by Gasteiger charge is 2.33. The smallest absolute Gasteiger partial charge is 0.149 e. The third-order valence-electron chi connectivity index (χ3n) is 3.57. The van der Waals surface area contributed by atoms with Gasteiger partial charge in [0.1, 0.15) is 23.2 Å². The molecule has 1 fully saturated rings. The molecule has 0 unspecified atom stereocenters. The lowest BCUT2D eigenvalue weighted by molar-refractivity contribution is -0.0323. The molecule has 1 aromatic heterocycles. The fourth-order valence-electron chi connectivity index (χ4n) is 2.30. The molecule has 0 bridgehead atoms. The summed E-state index contributed by atoms with van der Waals surface area (Å²) in [5, 5.41) is 2.25. The Balaban J connectivity index is 1.74. The van der Waals surface area contributed by atoms with Crippen molar-refractivity contribution in [3.8, 4) is 5.75 Å². The number of alkyl halides is 1. The minimum absolute atomic E-state index is 0.0562. The maximum atomic E-state index is 14.4. The summed E-state index contributed by atoms with van der Waals surface area (Å²) in [4.78, 5) is 4.02. The molecular weight excluding hydrogens is 281 g/mol. The number of nitrogens with zero attached hydrogens (tertiary/aromatic N) is 1. The molecule has 2 aromatic rings. The fraction of sp³-hybridized carbons (Fsp3) is 0.400. The van der Waals surface area contributed by atoms with Crippen molar-refractivity contribution in [3.05, 3.63) is 35.6 Å². The van der Waals surface area contributed by atoms with Crippen LogP contribution in [-0.2, 0) is 4.74 Å². The zero-order chi connectivity index (χ0) is 14.0. The number of hydrogen-bond acceptors (Lipinski definition) is 3. The summed E-state index contributed by atoms with van der Waals surface area (Å²) in [6, 6.07) is 7.34. The molecular formula is C15H15ClFNO2. The van der Waals surface area contributed by atoms with Gasteiger partial charge in [0.25, 0.3) is 0 Å². The number of hydrogen-bond donors (Lipinski definition) is 0. The van der Waals surface area contributed by atoms with Crippen LogP contribution in [0.25, 0.3) is 10.8 Å². The predicted molar refractivity (Wildman–Crippen MR) is 76.1 cm³/mol. The molecule has 3 rings (SSSR count). The van der Waals surface area contributed by atoms with E-state index in [9.17, 15) is 4.39 Å². The van der Waals surface area contributed by atoms with Gasteiger partial charge in [-0.1, -0.05) is 11.6 Å². The Hall–Kier alpha value is -1.39. The molecule has 5 heteroatoms. The average molecular weight is 296 g/mol. The second-order valence-corrected chi connectivity index (χ2v) is 5.39. The molecule has 2 heterocycles. The summed E-state index contributed by atoms with van der Waals surface area (Å²) in [5.74, 6) is 0.642. The van der Waals surface area contributed by atoms with E-state index in [1.165, 1.54) is 0 Å². The summed E-state index contributed by atoms with van der Waals surface area (Å²) in [7, 11) is 0. The molecule has 0 radical (unpaired) electrons. The van der Waals surface area contributed by atoms with Crippen molar-refractivity contribution >= 4 is 22.4 Å². The van der Waals surface area contributed by atoms with Gasteiger partial charge in [-0.3, -0.25) is 0 Å². The summed E-state index contributed by atoms with van der Waals surface area (Å²) in [6.07, 6.45) is 2.41. The van der Waals surface area contributed by atoms with Crippen molar-refractivity contribution in [2.45, 2.75) is 18.5 Å². The number of aromatic nitrogens is 1. The van der Waals surface area contributed by atoms with Gasteiger partial charge >= 0.3 is 0 Å². The number of benzene rings is 1. The number of halogens is 2. The lowest BCUT2D eigenvalue weighted by Gasteiger charge is -2.29. The Labute approximate surface area is 121 Å². The van der Waals surface area contributed by atoms with Crippen LogP contribution >= 0.6 is 11.6 Å². The molecule has 0 saturated carbocycles. The number of rotatable bonds is 3. The first-order chi connectivity index (χ1) is 9.66. The Morgan fingerprint density at radius 2 is 2.10 bits per heavy atom. The standard InChI is InChI=1S/C15H15ClFNO2/c16-14-13-2-1-12(9-11(13)3-6-18-14)20-10-15(17)4-7-19-8-5-15/h1-3,6,9H,4-5,7-8,10H2. The van der Waals surface area contributed by atoms with Crippen LogP contribution in [0.1, 0.15) is 12.8 Å². The first-order valence-corrected chi connectivity index (χ1v) is 6.98. The Morgan fingerprint density at radius 3 is 2.90 bits per heavy atom. The number of pyridine rings is 1. The molecule has 0 spiro atoms. The van der Waals surface area contributed by atoms with Crippen LogP contribution in [0.3, 0.4) is 0 Å².